The molecule has 1 aliphatic rings. The average Bonchev–Trinajstić information content (AvgIpc) is 3.04. The fraction of sp³-hybridized carbons (Fsp3) is 0.316. The second-order valence-electron chi connectivity index (χ2n) is 6.07. The van der Waals surface area contributed by atoms with E-state index in [1.165, 1.54) is 0 Å². The van der Waals surface area contributed by atoms with E-state index in [-0.39, 0.29) is 30.8 Å². The quantitative estimate of drug-likeness (QED) is 0.701. The summed E-state index contributed by atoms with van der Waals surface area (Å²) in [4.78, 5) is 12.5. The van der Waals surface area contributed by atoms with E-state index in [0.717, 1.165) is 5.56 Å². The highest BCUT2D eigenvalue weighted by Gasteiger charge is 2.25. The predicted octanol–water partition coefficient (Wildman–Crippen LogP) is 2.65. The lowest BCUT2D eigenvalue weighted by Gasteiger charge is -2.16. The molecule has 2 aromatic carbocycles. The van der Waals surface area contributed by atoms with Crippen molar-refractivity contribution < 1.29 is 14.6 Å². The highest BCUT2D eigenvalue weighted by atomic mass is 35.5. The van der Waals surface area contributed by atoms with Crippen LogP contribution in [0.25, 0.3) is 0 Å². The second kappa shape index (κ2) is 9.78. The maximum atomic E-state index is 12.5. The third-order valence-corrected chi connectivity index (χ3v) is 4.67. The van der Waals surface area contributed by atoms with Gasteiger partial charge < -0.3 is 20.5 Å². The van der Waals surface area contributed by atoms with E-state index in [9.17, 15) is 9.90 Å². The second-order valence-corrected chi connectivity index (χ2v) is 6.48. The van der Waals surface area contributed by atoms with Crippen molar-refractivity contribution in [2.75, 3.05) is 19.6 Å². The zero-order valence-electron chi connectivity index (χ0n) is 14.2. The van der Waals surface area contributed by atoms with Gasteiger partial charge in [-0.2, -0.15) is 0 Å². The number of nitrogens with one attached hydrogen (secondary N) is 2. The summed E-state index contributed by atoms with van der Waals surface area (Å²) in [6, 6.07) is 14.5. The van der Waals surface area contributed by atoms with Gasteiger partial charge in [0.1, 0.15) is 12.4 Å². The molecule has 0 aromatic heterocycles. The van der Waals surface area contributed by atoms with Crippen LogP contribution in [0.4, 0.5) is 0 Å². The van der Waals surface area contributed by atoms with Gasteiger partial charge in [-0.05, 0) is 18.2 Å². The van der Waals surface area contributed by atoms with E-state index >= 15 is 0 Å². The minimum Gasteiger partial charge on any atom is -0.488 e. The molecule has 0 radical (unpaired) electrons. The van der Waals surface area contributed by atoms with Crippen LogP contribution in [0, 0.1) is 5.92 Å². The Morgan fingerprint density at radius 1 is 1.19 bits per heavy atom. The monoisotopic (exact) mass is 396 g/mol. The zero-order valence-corrected chi connectivity index (χ0v) is 15.7. The van der Waals surface area contributed by atoms with Crippen molar-refractivity contribution in [2.24, 2.45) is 5.92 Å². The first-order chi connectivity index (χ1) is 12.1. The molecule has 0 aliphatic carbocycles. The summed E-state index contributed by atoms with van der Waals surface area (Å²) in [5.41, 5.74) is 1.33. The number of para-hydroxylation sites is 1. The SMILES string of the molecule is Cl.O=C(NCC1CNCC1O)c1ccccc1OCc1ccccc1Cl. The van der Waals surface area contributed by atoms with E-state index in [4.69, 9.17) is 16.3 Å². The molecule has 1 fully saturated rings. The van der Waals surface area contributed by atoms with Crippen molar-refractivity contribution in [2.45, 2.75) is 12.7 Å². The van der Waals surface area contributed by atoms with Gasteiger partial charge in [-0.1, -0.05) is 41.9 Å². The molecule has 1 aliphatic heterocycles. The van der Waals surface area contributed by atoms with Crippen LogP contribution < -0.4 is 15.4 Å². The fourth-order valence-electron chi connectivity index (χ4n) is 2.80. The van der Waals surface area contributed by atoms with Gasteiger partial charge in [-0.25, -0.2) is 0 Å². The molecule has 7 heteroatoms. The number of benzene rings is 2. The first kappa shape index (κ1) is 20.5. The largest absolute Gasteiger partial charge is 0.488 e. The lowest BCUT2D eigenvalue weighted by molar-refractivity contribution is 0.0922. The van der Waals surface area contributed by atoms with Crippen LogP contribution in [0.5, 0.6) is 5.75 Å². The first-order valence-electron chi connectivity index (χ1n) is 8.27. The number of hydrogen-bond acceptors (Lipinski definition) is 4. The first-order valence-corrected chi connectivity index (χ1v) is 8.65. The van der Waals surface area contributed by atoms with Crippen LogP contribution >= 0.6 is 24.0 Å². The van der Waals surface area contributed by atoms with E-state index in [1.807, 2.05) is 24.3 Å². The third kappa shape index (κ3) is 5.11. The minimum absolute atomic E-state index is 0. The Morgan fingerprint density at radius 3 is 2.65 bits per heavy atom. The van der Waals surface area contributed by atoms with Gasteiger partial charge >= 0.3 is 0 Å². The van der Waals surface area contributed by atoms with Crippen LogP contribution in [0.3, 0.4) is 0 Å². The standard InChI is InChI=1S/C19H21ClN2O3.ClH/c20-16-7-3-1-5-13(16)12-25-18-8-4-2-6-15(18)19(24)22-10-14-9-21-11-17(14)23;/h1-8,14,17,21,23H,9-12H2,(H,22,24);1H. The van der Waals surface area contributed by atoms with Crippen LogP contribution in [-0.4, -0.2) is 36.8 Å². The van der Waals surface area contributed by atoms with Crippen LogP contribution in [0.1, 0.15) is 15.9 Å². The summed E-state index contributed by atoms with van der Waals surface area (Å²) in [5, 5.41) is 16.4. The number of halogens is 2. The molecular weight excluding hydrogens is 375 g/mol. The summed E-state index contributed by atoms with van der Waals surface area (Å²) in [5.74, 6) is 0.319. The third-order valence-electron chi connectivity index (χ3n) is 4.30. The number of aliphatic hydroxyl groups is 1. The van der Waals surface area contributed by atoms with E-state index in [2.05, 4.69) is 10.6 Å². The van der Waals surface area contributed by atoms with Crippen molar-refractivity contribution in [3.63, 3.8) is 0 Å². The summed E-state index contributed by atoms with van der Waals surface area (Å²) in [7, 11) is 0. The van der Waals surface area contributed by atoms with Gasteiger partial charge in [0.15, 0.2) is 0 Å². The topological polar surface area (TPSA) is 70.6 Å². The Labute approximate surface area is 164 Å². The van der Waals surface area contributed by atoms with Crippen molar-refractivity contribution in [3.8, 4) is 5.75 Å². The maximum absolute atomic E-state index is 12.5. The van der Waals surface area contributed by atoms with Gasteiger partial charge in [0, 0.05) is 36.1 Å². The Balaban J connectivity index is 0.00000243. The number of rotatable bonds is 6. The lowest BCUT2D eigenvalue weighted by atomic mass is 10.1. The number of β-amino-alcohol motifs (C(OH)–C–C–N with tert-alkyl or cyclic N) is 1. The molecule has 1 saturated heterocycles. The molecular formula is C19H22Cl2N2O3. The number of amides is 1. The molecule has 5 nitrogen and oxygen atoms in total. The van der Waals surface area contributed by atoms with Gasteiger partial charge in [0.05, 0.1) is 11.7 Å². The molecule has 2 atom stereocenters. The molecule has 1 heterocycles. The molecule has 26 heavy (non-hydrogen) atoms. The summed E-state index contributed by atoms with van der Waals surface area (Å²) in [6.07, 6.45) is -0.424. The van der Waals surface area contributed by atoms with Crippen molar-refractivity contribution in [1.29, 1.82) is 0 Å². The lowest BCUT2D eigenvalue weighted by Crippen LogP contribution is -2.34. The molecule has 1 amide bonds. The molecule has 0 saturated carbocycles. The molecule has 2 aromatic rings. The number of ether oxygens (including phenoxy) is 1. The normalized spacial score (nSPS) is 18.8. The van der Waals surface area contributed by atoms with Crippen LogP contribution in [0.15, 0.2) is 48.5 Å². The van der Waals surface area contributed by atoms with E-state index in [1.54, 1.807) is 24.3 Å². The molecule has 2 unspecified atom stereocenters. The zero-order chi connectivity index (χ0) is 17.6. The highest BCUT2D eigenvalue weighted by Crippen LogP contribution is 2.22. The molecule has 3 N–H and O–H groups in total. The van der Waals surface area contributed by atoms with Crippen LogP contribution in [-0.2, 0) is 6.61 Å². The molecule has 3 rings (SSSR count). The highest BCUT2D eigenvalue weighted by molar-refractivity contribution is 6.31. The summed E-state index contributed by atoms with van der Waals surface area (Å²) >= 11 is 6.14. The van der Waals surface area contributed by atoms with Gasteiger partial charge in [0.2, 0.25) is 0 Å². The molecule has 0 spiro atoms. The number of carbonyl (C=O) groups is 1. The number of aliphatic hydroxyl groups excluding tert-OH is 1. The smallest absolute Gasteiger partial charge is 0.255 e. The Hall–Kier alpha value is -1.79. The van der Waals surface area contributed by atoms with Crippen molar-refractivity contribution >= 4 is 29.9 Å². The maximum Gasteiger partial charge on any atom is 0.255 e. The summed E-state index contributed by atoms with van der Waals surface area (Å²) in [6.45, 7) is 1.98. The Morgan fingerprint density at radius 2 is 1.92 bits per heavy atom. The molecule has 140 valence electrons. The van der Waals surface area contributed by atoms with Gasteiger partial charge in [0.25, 0.3) is 5.91 Å². The average molecular weight is 397 g/mol. The van der Waals surface area contributed by atoms with Crippen molar-refractivity contribution in [1.82, 2.24) is 10.6 Å². The molecule has 0 bridgehead atoms. The minimum atomic E-state index is -0.424. The van der Waals surface area contributed by atoms with Gasteiger partial charge in [-0.15, -0.1) is 12.4 Å². The van der Waals surface area contributed by atoms with Gasteiger partial charge in [-0.3, -0.25) is 4.79 Å². The van der Waals surface area contributed by atoms with E-state index < -0.39 is 6.10 Å². The van der Waals surface area contributed by atoms with Crippen LogP contribution in [0.2, 0.25) is 5.02 Å². The number of hydrogen-bond donors (Lipinski definition) is 3. The Kier molecular flexibility index (Phi) is 7.72. The Bertz CT molecular complexity index is 742. The van der Waals surface area contributed by atoms with Crippen molar-refractivity contribution in [3.05, 3.63) is 64.7 Å². The predicted molar refractivity (Wildman–Crippen MR) is 104 cm³/mol. The van der Waals surface area contributed by atoms with E-state index in [0.29, 0.717) is 36.0 Å². The summed E-state index contributed by atoms with van der Waals surface area (Å²) < 4.78 is 5.81. The fourth-order valence-corrected chi connectivity index (χ4v) is 2.99. The number of carbonyl (C=O) groups excluding carboxylic acids is 1.